The minimum absolute atomic E-state index is 0.587. The normalized spacial score (nSPS) is 10.6. The second-order valence-corrected chi connectivity index (χ2v) is 3.96. The number of rotatable bonds is 3. The van der Waals surface area contributed by atoms with Crippen LogP contribution < -0.4 is 4.74 Å². The second-order valence-electron chi connectivity index (χ2n) is 3.96. The summed E-state index contributed by atoms with van der Waals surface area (Å²) in [7, 11) is 0. The van der Waals surface area contributed by atoms with Gasteiger partial charge < -0.3 is 4.74 Å². The van der Waals surface area contributed by atoms with E-state index in [1.807, 2.05) is 31.2 Å². The van der Waals surface area contributed by atoms with Gasteiger partial charge in [0.05, 0.1) is 12.8 Å². The molecule has 0 radical (unpaired) electrons. The van der Waals surface area contributed by atoms with Crippen LogP contribution in [0.3, 0.4) is 0 Å². The monoisotopic (exact) mass is 252 g/mol. The van der Waals surface area contributed by atoms with E-state index in [4.69, 9.17) is 4.74 Å². The molecule has 0 fully saturated rings. The van der Waals surface area contributed by atoms with E-state index < -0.39 is 0 Å². The largest absolute Gasteiger partial charge is 0.494 e. The molecule has 0 aliphatic carbocycles. The summed E-state index contributed by atoms with van der Waals surface area (Å²) in [6.07, 6.45) is 3.36. The summed E-state index contributed by atoms with van der Waals surface area (Å²) in [6, 6.07) is 9.43. The van der Waals surface area contributed by atoms with Crippen molar-refractivity contribution in [2.24, 2.45) is 0 Å². The van der Waals surface area contributed by atoms with E-state index in [0.29, 0.717) is 12.4 Å². The highest BCUT2D eigenvalue weighted by Crippen LogP contribution is 2.20. The Morgan fingerprint density at radius 1 is 1.00 bits per heavy atom. The smallest absolute Gasteiger partial charge is 0.182 e. The van der Waals surface area contributed by atoms with Crippen molar-refractivity contribution in [3.63, 3.8) is 0 Å². The molecule has 0 amide bonds. The van der Waals surface area contributed by atoms with Crippen molar-refractivity contribution < 1.29 is 4.74 Å². The minimum Gasteiger partial charge on any atom is -0.494 e. The van der Waals surface area contributed by atoms with Crippen LogP contribution in [0.2, 0.25) is 0 Å². The van der Waals surface area contributed by atoms with Gasteiger partial charge in [0.2, 0.25) is 0 Å². The van der Waals surface area contributed by atoms with Crippen molar-refractivity contribution in [3.8, 4) is 17.1 Å². The van der Waals surface area contributed by atoms with Crippen molar-refractivity contribution >= 4 is 11.0 Å². The number of hydrogen-bond acceptors (Lipinski definition) is 5. The Morgan fingerprint density at radius 2 is 1.84 bits per heavy atom. The molecule has 2 aromatic heterocycles. The van der Waals surface area contributed by atoms with Crippen LogP contribution in [0.15, 0.2) is 42.7 Å². The molecule has 94 valence electrons. The van der Waals surface area contributed by atoms with E-state index in [0.717, 1.165) is 22.3 Å². The first kappa shape index (κ1) is 11.5. The van der Waals surface area contributed by atoms with Gasteiger partial charge in [-0.2, -0.15) is 0 Å². The van der Waals surface area contributed by atoms with Crippen molar-refractivity contribution in [1.29, 1.82) is 0 Å². The average Bonchev–Trinajstić information content (AvgIpc) is 2.48. The van der Waals surface area contributed by atoms with Gasteiger partial charge in [-0.1, -0.05) is 0 Å². The summed E-state index contributed by atoms with van der Waals surface area (Å²) in [4.78, 5) is 8.48. The molecule has 0 saturated carbocycles. The van der Waals surface area contributed by atoms with E-state index in [1.165, 1.54) is 0 Å². The first-order valence-corrected chi connectivity index (χ1v) is 6.04. The summed E-state index contributed by atoms with van der Waals surface area (Å²) < 4.78 is 5.40. The lowest BCUT2D eigenvalue weighted by molar-refractivity contribution is 0.340. The SMILES string of the molecule is CCOc1ccc(-c2nnc3ccncc3n2)cc1. The Labute approximate surface area is 110 Å². The lowest BCUT2D eigenvalue weighted by Gasteiger charge is -2.04. The fraction of sp³-hybridized carbons (Fsp3) is 0.143. The molecule has 0 aliphatic heterocycles. The van der Waals surface area contributed by atoms with Crippen LogP contribution in [-0.2, 0) is 0 Å². The van der Waals surface area contributed by atoms with E-state index in [9.17, 15) is 0 Å². The van der Waals surface area contributed by atoms with Gasteiger partial charge in [-0.15, -0.1) is 10.2 Å². The van der Waals surface area contributed by atoms with E-state index in [1.54, 1.807) is 18.5 Å². The number of pyridine rings is 1. The molecule has 1 aromatic carbocycles. The Morgan fingerprint density at radius 3 is 2.63 bits per heavy atom. The summed E-state index contributed by atoms with van der Waals surface area (Å²) in [5.74, 6) is 1.42. The maximum absolute atomic E-state index is 5.40. The molecule has 3 aromatic rings. The fourth-order valence-corrected chi connectivity index (χ4v) is 1.78. The molecule has 0 N–H and O–H groups in total. The Hall–Kier alpha value is -2.56. The highest BCUT2D eigenvalue weighted by molar-refractivity contribution is 5.74. The molecular weight excluding hydrogens is 240 g/mol. The molecule has 5 heteroatoms. The lowest BCUT2D eigenvalue weighted by Crippen LogP contribution is -1.95. The van der Waals surface area contributed by atoms with Crippen molar-refractivity contribution in [2.75, 3.05) is 6.61 Å². The molecule has 19 heavy (non-hydrogen) atoms. The summed E-state index contributed by atoms with van der Waals surface area (Å²) >= 11 is 0. The number of fused-ring (bicyclic) bond motifs is 1. The molecule has 0 aliphatic rings. The van der Waals surface area contributed by atoms with Crippen molar-refractivity contribution in [1.82, 2.24) is 20.2 Å². The zero-order valence-electron chi connectivity index (χ0n) is 10.4. The molecule has 0 spiro atoms. The van der Waals surface area contributed by atoms with Crippen LogP contribution >= 0.6 is 0 Å². The third-order valence-corrected chi connectivity index (χ3v) is 2.68. The van der Waals surface area contributed by atoms with Crippen LogP contribution in [-0.4, -0.2) is 26.8 Å². The van der Waals surface area contributed by atoms with Gasteiger partial charge >= 0.3 is 0 Å². The number of ether oxygens (including phenoxy) is 1. The third-order valence-electron chi connectivity index (χ3n) is 2.68. The Kier molecular flexibility index (Phi) is 3.02. The highest BCUT2D eigenvalue weighted by Gasteiger charge is 2.04. The summed E-state index contributed by atoms with van der Waals surface area (Å²) in [5, 5.41) is 8.26. The standard InChI is InChI=1S/C14H12N4O/c1-2-19-11-5-3-10(4-6-11)14-16-13-9-15-8-7-12(13)17-18-14/h3-9H,2H2,1H3. The topological polar surface area (TPSA) is 60.8 Å². The van der Waals surface area contributed by atoms with Crippen molar-refractivity contribution in [3.05, 3.63) is 42.7 Å². The number of nitrogens with zero attached hydrogens (tertiary/aromatic N) is 4. The Bertz CT molecular complexity index is 697. The molecule has 2 heterocycles. The van der Waals surface area contributed by atoms with Gasteiger partial charge in [-0.3, -0.25) is 4.98 Å². The van der Waals surface area contributed by atoms with Gasteiger partial charge in [0.1, 0.15) is 16.8 Å². The van der Waals surface area contributed by atoms with Crippen LogP contribution in [0.1, 0.15) is 6.92 Å². The second kappa shape index (κ2) is 4.97. The van der Waals surface area contributed by atoms with Crippen molar-refractivity contribution in [2.45, 2.75) is 6.92 Å². The van der Waals surface area contributed by atoms with E-state index >= 15 is 0 Å². The predicted octanol–water partition coefficient (Wildman–Crippen LogP) is 2.49. The predicted molar refractivity (Wildman–Crippen MR) is 71.7 cm³/mol. The first-order chi connectivity index (χ1) is 9.36. The molecule has 0 saturated heterocycles. The quantitative estimate of drug-likeness (QED) is 0.716. The number of benzene rings is 1. The molecule has 5 nitrogen and oxygen atoms in total. The summed E-state index contributed by atoms with van der Waals surface area (Å²) in [5.41, 5.74) is 2.38. The first-order valence-electron chi connectivity index (χ1n) is 6.04. The molecule has 3 rings (SSSR count). The Balaban J connectivity index is 1.99. The molecular formula is C14H12N4O. The maximum atomic E-state index is 5.40. The average molecular weight is 252 g/mol. The van der Waals surface area contributed by atoms with Gasteiger partial charge in [0.25, 0.3) is 0 Å². The van der Waals surface area contributed by atoms with E-state index in [-0.39, 0.29) is 0 Å². The van der Waals surface area contributed by atoms with Gasteiger partial charge in [0, 0.05) is 11.8 Å². The number of aromatic nitrogens is 4. The lowest BCUT2D eigenvalue weighted by atomic mass is 10.2. The van der Waals surface area contributed by atoms with Crippen LogP contribution in [0.25, 0.3) is 22.4 Å². The summed E-state index contributed by atoms with van der Waals surface area (Å²) in [6.45, 7) is 2.61. The maximum Gasteiger partial charge on any atom is 0.182 e. The van der Waals surface area contributed by atoms with Gasteiger partial charge in [-0.05, 0) is 37.3 Å². The van der Waals surface area contributed by atoms with Crippen LogP contribution in [0, 0.1) is 0 Å². The van der Waals surface area contributed by atoms with E-state index in [2.05, 4.69) is 20.2 Å². The molecule has 0 unspecified atom stereocenters. The molecule has 0 atom stereocenters. The highest BCUT2D eigenvalue weighted by atomic mass is 16.5. The third kappa shape index (κ3) is 2.35. The van der Waals surface area contributed by atoms with Gasteiger partial charge in [-0.25, -0.2) is 4.98 Å². The minimum atomic E-state index is 0.587. The zero-order chi connectivity index (χ0) is 13.1. The van der Waals surface area contributed by atoms with Crippen LogP contribution in [0.5, 0.6) is 5.75 Å². The fourth-order valence-electron chi connectivity index (χ4n) is 1.78. The number of hydrogen-bond donors (Lipinski definition) is 0. The van der Waals surface area contributed by atoms with Gasteiger partial charge in [0.15, 0.2) is 5.82 Å². The molecule has 0 bridgehead atoms. The zero-order valence-corrected chi connectivity index (χ0v) is 10.4. The van der Waals surface area contributed by atoms with Crippen LogP contribution in [0.4, 0.5) is 0 Å².